The summed E-state index contributed by atoms with van der Waals surface area (Å²) in [5, 5.41) is 0. The topological polar surface area (TPSA) is 12.9 Å². The Morgan fingerprint density at radius 1 is 1.25 bits per heavy atom. The lowest BCUT2D eigenvalue weighted by Gasteiger charge is -2.02. The Morgan fingerprint density at radius 3 is 2.19 bits per heavy atom. The highest BCUT2D eigenvalue weighted by Gasteiger charge is 2.31. The fraction of sp³-hybridized carbons (Fsp3) is 0.545. The number of aromatic nitrogens is 1. The highest BCUT2D eigenvalue weighted by molar-refractivity contribution is 6.17. The minimum absolute atomic E-state index is 0.827. The monoisotopic (exact) mass is 253 g/mol. The van der Waals surface area contributed by atoms with E-state index >= 15 is 0 Å². The molecule has 1 heterocycles. The second kappa shape index (κ2) is 8.39. The third-order valence-electron chi connectivity index (χ3n) is 1.69. The molecule has 0 aliphatic rings. The fourth-order valence-corrected chi connectivity index (χ4v) is 1.06. The molecule has 1 rings (SSSR count). The lowest BCUT2D eigenvalue weighted by molar-refractivity contribution is -0.141. The molecular weight excluding hydrogens is 239 g/mol. The first-order valence-electron chi connectivity index (χ1n) is 5.06. The Balaban J connectivity index is 0.000000325. The van der Waals surface area contributed by atoms with E-state index in [1.807, 2.05) is 0 Å². The van der Waals surface area contributed by atoms with E-state index in [1.165, 1.54) is 31.4 Å². The van der Waals surface area contributed by atoms with E-state index in [0.29, 0.717) is 0 Å². The van der Waals surface area contributed by atoms with Gasteiger partial charge < -0.3 is 0 Å². The first-order chi connectivity index (χ1) is 7.52. The molecule has 0 N–H and O–H groups in total. The summed E-state index contributed by atoms with van der Waals surface area (Å²) in [6, 6.07) is 3.67. The normalized spacial score (nSPS) is 10.6. The molecule has 0 bridgehead atoms. The first kappa shape index (κ1) is 15.2. The molecule has 92 valence electrons. The molecule has 16 heavy (non-hydrogen) atoms. The quantitative estimate of drug-likeness (QED) is 0.570. The van der Waals surface area contributed by atoms with Gasteiger partial charge in [0.25, 0.3) is 0 Å². The summed E-state index contributed by atoms with van der Waals surface area (Å²) in [5.74, 6) is 0.827. The maximum absolute atomic E-state index is 11.7. The molecule has 0 unspecified atom stereocenters. The maximum Gasteiger partial charge on any atom is 0.433 e. The first-order valence-corrected chi connectivity index (χ1v) is 5.60. The molecule has 1 aromatic heterocycles. The number of alkyl halides is 4. The Morgan fingerprint density at radius 2 is 1.94 bits per heavy atom. The maximum atomic E-state index is 11.7. The zero-order valence-corrected chi connectivity index (χ0v) is 9.85. The van der Waals surface area contributed by atoms with Crippen LogP contribution in [0.5, 0.6) is 0 Å². The van der Waals surface area contributed by atoms with E-state index in [-0.39, 0.29) is 0 Å². The molecule has 0 aliphatic heterocycles. The standard InChI is InChI=1S/C6H4F3N.C5H11Cl/c7-6(8,9)5-3-1-2-4-10-5;1-2-3-4-5-6/h1-4H;2-5H2,1H3. The van der Waals surface area contributed by atoms with Gasteiger partial charge in [0.15, 0.2) is 0 Å². The molecular formula is C11H15ClF3N. The Labute approximate surface area is 98.6 Å². The minimum atomic E-state index is -4.32. The summed E-state index contributed by atoms with van der Waals surface area (Å²) < 4.78 is 35.2. The SMILES string of the molecule is CCCCCCl.FC(F)(F)c1ccccn1. The van der Waals surface area contributed by atoms with E-state index in [4.69, 9.17) is 11.6 Å². The molecule has 1 nitrogen and oxygen atoms in total. The minimum Gasteiger partial charge on any atom is -0.252 e. The van der Waals surface area contributed by atoms with Gasteiger partial charge in [-0.05, 0) is 18.6 Å². The molecule has 0 radical (unpaired) electrons. The van der Waals surface area contributed by atoms with Crippen molar-refractivity contribution in [2.45, 2.75) is 32.4 Å². The molecule has 5 heteroatoms. The van der Waals surface area contributed by atoms with Crippen LogP contribution in [-0.4, -0.2) is 10.9 Å². The average Bonchev–Trinajstić information content (AvgIpc) is 2.27. The van der Waals surface area contributed by atoms with Crippen molar-refractivity contribution in [1.29, 1.82) is 0 Å². The number of rotatable bonds is 3. The molecule has 0 amide bonds. The van der Waals surface area contributed by atoms with Crippen molar-refractivity contribution in [3.63, 3.8) is 0 Å². The Bertz CT molecular complexity index is 258. The molecule has 0 atom stereocenters. The second-order valence-electron chi connectivity index (χ2n) is 3.11. The van der Waals surface area contributed by atoms with Gasteiger partial charge in [-0.1, -0.05) is 25.8 Å². The molecule has 0 aromatic carbocycles. The van der Waals surface area contributed by atoms with E-state index in [0.717, 1.165) is 18.1 Å². The predicted molar refractivity (Wildman–Crippen MR) is 59.5 cm³/mol. The Hall–Kier alpha value is -0.770. The number of unbranched alkanes of at least 4 members (excludes halogenated alkanes) is 2. The van der Waals surface area contributed by atoms with E-state index in [2.05, 4.69) is 11.9 Å². The van der Waals surface area contributed by atoms with Crippen molar-refractivity contribution in [1.82, 2.24) is 4.98 Å². The van der Waals surface area contributed by atoms with Crippen LogP contribution in [0.2, 0.25) is 0 Å². The zero-order valence-electron chi connectivity index (χ0n) is 9.10. The molecule has 0 aliphatic carbocycles. The number of hydrogen-bond donors (Lipinski definition) is 0. The average molecular weight is 254 g/mol. The van der Waals surface area contributed by atoms with Crippen LogP contribution in [0.15, 0.2) is 24.4 Å². The third-order valence-corrected chi connectivity index (χ3v) is 1.96. The van der Waals surface area contributed by atoms with Gasteiger partial charge in [0.2, 0.25) is 0 Å². The van der Waals surface area contributed by atoms with E-state index in [9.17, 15) is 13.2 Å². The molecule has 0 spiro atoms. The highest BCUT2D eigenvalue weighted by Crippen LogP contribution is 2.26. The van der Waals surface area contributed by atoms with Crippen LogP contribution >= 0.6 is 11.6 Å². The number of pyridine rings is 1. The van der Waals surface area contributed by atoms with Crippen molar-refractivity contribution in [2.24, 2.45) is 0 Å². The summed E-state index contributed by atoms with van der Waals surface area (Å²) in [7, 11) is 0. The van der Waals surface area contributed by atoms with Gasteiger partial charge in [-0.15, -0.1) is 11.6 Å². The third kappa shape index (κ3) is 7.51. The second-order valence-corrected chi connectivity index (χ2v) is 3.49. The largest absolute Gasteiger partial charge is 0.433 e. The van der Waals surface area contributed by atoms with Gasteiger partial charge in [-0.3, -0.25) is 4.98 Å². The van der Waals surface area contributed by atoms with Gasteiger partial charge in [0, 0.05) is 12.1 Å². The summed E-state index contributed by atoms with van der Waals surface area (Å²) >= 11 is 5.38. The van der Waals surface area contributed by atoms with E-state index in [1.54, 1.807) is 0 Å². The van der Waals surface area contributed by atoms with Gasteiger partial charge in [0.05, 0.1) is 0 Å². The summed E-state index contributed by atoms with van der Waals surface area (Å²) in [6.07, 6.45) is 0.526. The van der Waals surface area contributed by atoms with Crippen LogP contribution in [0.3, 0.4) is 0 Å². The van der Waals surface area contributed by atoms with Gasteiger partial charge in [0.1, 0.15) is 5.69 Å². The lowest BCUT2D eigenvalue weighted by Crippen LogP contribution is -2.06. The van der Waals surface area contributed by atoms with Crippen LogP contribution in [0.1, 0.15) is 31.9 Å². The van der Waals surface area contributed by atoms with Crippen molar-refractivity contribution in [3.05, 3.63) is 30.1 Å². The number of halogens is 4. The van der Waals surface area contributed by atoms with Crippen LogP contribution in [0.25, 0.3) is 0 Å². The molecule has 0 fully saturated rings. The lowest BCUT2D eigenvalue weighted by atomic mass is 10.3. The Kier molecular flexibility index (Phi) is 7.99. The van der Waals surface area contributed by atoms with Crippen molar-refractivity contribution < 1.29 is 13.2 Å². The smallest absolute Gasteiger partial charge is 0.252 e. The zero-order chi connectivity index (χ0) is 12.4. The molecule has 1 aromatic rings. The summed E-state index contributed by atoms with van der Waals surface area (Å²) in [5.41, 5.74) is -0.852. The van der Waals surface area contributed by atoms with Crippen molar-refractivity contribution >= 4 is 11.6 Å². The van der Waals surface area contributed by atoms with Crippen molar-refractivity contribution in [3.8, 4) is 0 Å². The van der Waals surface area contributed by atoms with Crippen LogP contribution in [-0.2, 0) is 6.18 Å². The van der Waals surface area contributed by atoms with Gasteiger partial charge in [-0.25, -0.2) is 0 Å². The van der Waals surface area contributed by atoms with Crippen LogP contribution < -0.4 is 0 Å². The number of nitrogens with zero attached hydrogens (tertiary/aromatic N) is 1. The predicted octanol–water partition coefficient (Wildman–Crippen LogP) is 4.52. The van der Waals surface area contributed by atoms with Gasteiger partial charge in [-0.2, -0.15) is 13.2 Å². The van der Waals surface area contributed by atoms with Crippen LogP contribution in [0.4, 0.5) is 13.2 Å². The summed E-state index contributed by atoms with van der Waals surface area (Å²) in [4.78, 5) is 3.12. The van der Waals surface area contributed by atoms with Crippen LogP contribution in [0, 0.1) is 0 Å². The van der Waals surface area contributed by atoms with Gasteiger partial charge >= 0.3 is 6.18 Å². The summed E-state index contributed by atoms with van der Waals surface area (Å²) in [6.45, 7) is 2.17. The molecule has 0 saturated heterocycles. The van der Waals surface area contributed by atoms with Crippen molar-refractivity contribution in [2.75, 3.05) is 5.88 Å². The fourth-order valence-electron chi connectivity index (χ4n) is 0.875. The number of hydrogen-bond acceptors (Lipinski definition) is 1. The van der Waals surface area contributed by atoms with E-state index < -0.39 is 11.9 Å². The highest BCUT2D eigenvalue weighted by atomic mass is 35.5. The molecule has 0 saturated carbocycles.